The van der Waals surface area contributed by atoms with Crippen molar-refractivity contribution < 1.29 is 23.0 Å². The maximum absolute atomic E-state index is 13.1. The Morgan fingerprint density at radius 1 is 1.13 bits per heavy atom. The monoisotopic (exact) mass is 436 g/mol. The van der Waals surface area contributed by atoms with E-state index < -0.39 is 16.5 Å². The molecular formula is C23H20N2O5S. The van der Waals surface area contributed by atoms with Gasteiger partial charge in [-0.1, -0.05) is 18.2 Å². The summed E-state index contributed by atoms with van der Waals surface area (Å²) in [5.41, 5.74) is 2.87. The number of rotatable bonds is 5. The Labute approximate surface area is 181 Å². The van der Waals surface area contributed by atoms with Crippen LogP contribution in [0.2, 0.25) is 0 Å². The van der Waals surface area contributed by atoms with E-state index in [-0.39, 0.29) is 12.7 Å². The maximum atomic E-state index is 13.1. The first-order valence-corrected chi connectivity index (χ1v) is 11.0. The number of ether oxygens (including phenoxy) is 2. The van der Waals surface area contributed by atoms with Crippen LogP contribution in [0.1, 0.15) is 24.0 Å². The average molecular weight is 436 g/mol. The molecule has 1 aliphatic heterocycles. The summed E-state index contributed by atoms with van der Waals surface area (Å²) in [5.74, 6) is 1.74. The van der Waals surface area contributed by atoms with Crippen LogP contribution in [-0.2, 0) is 21.3 Å². The Kier molecular flexibility index (Phi) is 4.75. The first kappa shape index (κ1) is 19.7. The van der Waals surface area contributed by atoms with E-state index in [0.29, 0.717) is 22.2 Å². The van der Waals surface area contributed by atoms with Gasteiger partial charge in [0.2, 0.25) is 12.7 Å². The van der Waals surface area contributed by atoms with Crippen molar-refractivity contribution in [2.75, 3.05) is 12.1 Å². The lowest BCUT2D eigenvalue weighted by atomic mass is 9.94. The molecule has 1 amide bonds. The second kappa shape index (κ2) is 7.47. The van der Waals surface area contributed by atoms with Crippen LogP contribution in [0.25, 0.3) is 11.1 Å². The van der Waals surface area contributed by atoms with Crippen molar-refractivity contribution in [2.45, 2.75) is 30.1 Å². The van der Waals surface area contributed by atoms with Crippen LogP contribution in [0.4, 0.5) is 5.82 Å². The number of nitrogens with zero attached hydrogens (tertiary/aromatic N) is 1. The van der Waals surface area contributed by atoms with E-state index in [1.165, 1.54) is 0 Å². The number of pyridine rings is 1. The van der Waals surface area contributed by atoms with Gasteiger partial charge in [0.05, 0.1) is 10.3 Å². The number of amides is 1. The Hall–Kier alpha value is -3.23. The molecule has 0 spiro atoms. The number of aromatic nitrogens is 1. The van der Waals surface area contributed by atoms with Gasteiger partial charge in [0.1, 0.15) is 5.82 Å². The summed E-state index contributed by atoms with van der Waals surface area (Å²) in [5, 5.41) is 2.95. The molecule has 1 unspecified atom stereocenters. The molecule has 1 aromatic heterocycles. The minimum Gasteiger partial charge on any atom is -0.454 e. The van der Waals surface area contributed by atoms with Crippen LogP contribution in [0, 0.1) is 6.92 Å². The summed E-state index contributed by atoms with van der Waals surface area (Å²) in [6.45, 7) is 2.12. The van der Waals surface area contributed by atoms with Crippen LogP contribution in [0.15, 0.2) is 59.6 Å². The van der Waals surface area contributed by atoms with E-state index >= 15 is 0 Å². The minimum atomic E-state index is -2.05. The third-order valence-corrected chi connectivity index (χ3v) is 6.47. The molecular weight excluding hydrogens is 416 g/mol. The van der Waals surface area contributed by atoms with Gasteiger partial charge in [-0.05, 0) is 66.8 Å². The van der Waals surface area contributed by atoms with E-state index in [1.807, 2.05) is 37.3 Å². The van der Waals surface area contributed by atoms with Gasteiger partial charge in [-0.25, -0.2) is 9.19 Å². The maximum Gasteiger partial charge on any atom is 0.236 e. The van der Waals surface area contributed by atoms with Crippen molar-refractivity contribution in [2.24, 2.45) is 0 Å². The topological polar surface area (TPSA) is 97.8 Å². The zero-order valence-electron chi connectivity index (χ0n) is 16.8. The van der Waals surface area contributed by atoms with Gasteiger partial charge >= 0.3 is 0 Å². The SMILES string of the molecule is Cc1cc(NC(=O)C2(c3ccc4c(c3)OCO4)CC2)ncc1-c1cccc(S(=O)O)c1. The predicted molar refractivity (Wildman–Crippen MR) is 116 cm³/mol. The van der Waals surface area contributed by atoms with Crippen LogP contribution in [0.5, 0.6) is 11.5 Å². The highest BCUT2D eigenvalue weighted by Gasteiger charge is 2.51. The van der Waals surface area contributed by atoms with Crippen LogP contribution in [0.3, 0.4) is 0 Å². The van der Waals surface area contributed by atoms with Crippen molar-refractivity contribution in [3.05, 3.63) is 65.9 Å². The summed E-state index contributed by atoms with van der Waals surface area (Å²) in [7, 11) is 0. The molecule has 7 nitrogen and oxygen atoms in total. The van der Waals surface area contributed by atoms with Crippen molar-refractivity contribution in [1.82, 2.24) is 4.98 Å². The number of fused-ring (bicyclic) bond motifs is 1. The van der Waals surface area contributed by atoms with E-state index in [4.69, 9.17) is 9.47 Å². The molecule has 3 aromatic rings. The van der Waals surface area contributed by atoms with Gasteiger partial charge in [-0.2, -0.15) is 0 Å². The number of benzene rings is 2. The van der Waals surface area contributed by atoms with Gasteiger partial charge in [-0.3, -0.25) is 4.79 Å². The fourth-order valence-electron chi connectivity index (χ4n) is 3.90. The summed E-state index contributed by atoms with van der Waals surface area (Å²) in [4.78, 5) is 17.8. The highest BCUT2D eigenvalue weighted by molar-refractivity contribution is 7.79. The van der Waals surface area contributed by atoms with Crippen LogP contribution in [-0.4, -0.2) is 26.4 Å². The Balaban J connectivity index is 1.37. The fourth-order valence-corrected chi connectivity index (χ4v) is 4.32. The van der Waals surface area contributed by atoms with Gasteiger partial charge < -0.3 is 19.3 Å². The van der Waals surface area contributed by atoms with Crippen molar-refractivity contribution in [3.8, 4) is 22.6 Å². The largest absolute Gasteiger partial charge is 0.454 e. The highest BCUT2D eigenvalue weighted by Crippen LogP contribution is 2.51. The molecule has 1 saturated carbocycles. The number of carbonyl (C=O) groups is 1. The fraction of sp³-hybridized carbons (Fsp3) is 0.217. The number of hydrogen-bond donors (Lipinski definition) is 2. The first-order valence-electron chi connectivity index (χ1n) is 9.86. The molecule has 5 rings (SSSR count). The van der Waals surface area contributed by atoms with Gasteiger partial charge in [-0.15, -0.1) is 0 Å². The molecule has 2 heterocycles. The molecule has 8 heteroatoms. The van der Waals surface area contributed by atoms with E-state index in [0.717, 1.165) is 35.1 Å². The number of anilines is 1. The molecule has 1 fully saturated rings. The quantitative estimate of drug-likeness (QED) is 0.586. The van der Waals surface area contributed by atoms with Gasteiger partial charge in [0.25, 0.3) is 0 Å². The second-order valence-corrected chi connectivity index (χ2v) is 8.74. The molecule has 2 aliphatic rings. The third kappa shape index (κ3) is 3.58. The molecule has 31 heavy (non-hydrogen) atoms. The molecule has 2 N–H and O–H groups in total. The van der Waals surface area contributed by atoms with E-state index in [9.17, 15) is 13.6 Å². The summed E-state index contributed by atoms with van der Waals surface area (Å²) >= 11 is -2.05. The normalized spacial score (nSPS) is 16.6. The molecule has 0 bridgehead atoms. The number of hydrogen-bond acceptors (Lipinski definition) is 5. The number of carbonyl (C=O) groups excluding carboxylic acids is 1. The first-order chi connectivity index (χ1) is 15.0. The second-order valence-electron chi connectivity index (χ2n) is 7.77. The predicted octanol–water partition coefficient (Wildman–Crippen LogP) is 4.04. The molecule has 0 saturated heterocycles. The lowest BCUT2D eigenvalue weighted by Gasteiger charge is -2.16. The molecule has 0 radical (unpaired) electrons. The van der Waals surface area contributed by atoms with Crippen LogP contribution < -0.4 is 14.8 Å². The third-order valence-electron chi connectivity index (χ3n) is 5.81. The van der Waals surface area contributed by atoms with E-state index in [1.54, 1.807) is 24.4 Å². The molecule has 1 aliphatic carbocycles. The lowest BCUT2D eigenvalue weighted by Crippen LogP contribution is -2.28. The zero-order chi connectivity index (χ0) is 21.6. The van der Waals surface area contributed by atoms with Crippen molar-refractivity contribution in [3.63, 3.8) is 0 Å². The molecule has 2 aromatic carbocycles. The average Bonchev–Trinajstić information content (AvgIpc) is 3.45. The highest BCUT2D eigenvalue weighted by atomic mass is 32.2. The summed E-state index contributed by atoms with van der Waals surface area (Å²) < 4.78 is 31.5. The summed E-state index contributed by atoms with van der Waals surface area (Å²) in [6.07, 6.45) is 3.20. The molecule has 1 atom stereocenters. The van der Waals surface area contributed by atoms with Gasteiger partial charge in [0.15, 0.2) is 22.6 Å². The molecule has 158 valence electrons. The lowest BCUT2D eigenvalue weighted by molar-refractivity contribution is -0.118. The Morgan fingerprint density at radius 3 is 2.68 bits per heavy atom. The zero-order valence-corrected chi connectivity index (χ0v) is 17.6. The number of nitrogens with one attached hydrogen (secondary N) is 1. The van der Waals surface area contributed by atoms with Crippen molar-refractivity contribution >= 4 is 22.8 Å². The Bertz CT molecular complexity index is 1220. The Morgan fingerprint density at radius 2 is 1.94 bits per heavy atom. The smallest absolute Gasteiger partial charge is 0.236 e. The number of aryl methyl sites for hydroxylation is 1. The standard InChI is InChI=1S/C23H20N2O5S/c1-14-9-21(24-12-18(14)15-3-2-4-17(10-15)31(27)28)25-22(26)23(7-8-23)16-5-6-19-20(11-16)30-13-29-19/h2-6,9-12H,7-8,13H2,1H3,(H,27,28)(H,24,25,26). The van der Waals surface area contributed by atoms with Gasteiger partial charge in [0, 0.05) is 11.8 Å². The minimum absolute atomic E-state index is 0.0938. The van der Waals surface area contributed by atoms with Crippen molar-refractivity contribution in [1.29, 1.82) is 0 Å². The summed E-state index contributed by atoms with van der Waals surface area (Å²) in [6, 6.07) is 14.3. The van der Waals surface area contributed by atoms with E-state index in [2.05, 4.69) is 10.3 Å². The van der Waals surface area contributed by atoms with Crippen LogP contribution >= 0.6 is 0 Å².